The lowest BCUT2D eigenvalue weighted by Gasteiger charge is -2.23. The van der Waals surface area contributed by atoms with Crippen molar-refractivity contribution in [1.82, 2.24) is 0 Å². The average Bonchev–Trinajstić information content (AvgIpc) is 3.22. The van der Waals surface area contributed by atoms with Crippen LogP contribution in [0, 0.1) is 0 Å². The first kappa shape index (κ1) is 26.6. The van der Waals surface area contributed by atoms with Gasteiger partial charge >= 0.3 is 18.5 Å². The van der Waals surface area contributed by atoms with Crippen LogP contribution in [0.3, 0.4) is 0 Å². The average molecular weight is 557 g/mol. The molecule has 15 heteroatoms. The fraction of sp³-hybridized carbons (Fsp3) is 0.182. The third-order valence-electron chi connectivity index (χ3n) is 5.35. The zero-order valence-corrected chi connectivity index (χ0v) is 18.7. The second-order valence-corrected chi connectivity index (χ2v) is 9.32. The highest BCUT2D eigenvalue weighted by atomic mass is 32.2. The molecule has 1 aliphatic heterocycles. The van der Waals surface area contributed by atoms with Crippen LogP contribution in [0.2, 0.25) is 0 Å². The fourth-order valence-electron chi connectivity index (χ4n) is 3.79. The van der Waals surface area contributed by atoms with E-state index >= 15 is 0 Å². The van der Waals surface area contributed by atoms with E-state index in [9.17, 15) is 47.9 Å². The number of sulfonamides is 1. The number of hydrogen-bond donors (Lipinski definition) is 1. The summed E-state index contributed by atoms with van der Waals surface area (Å²) in [6.45, 7) is -0.336. The maximum Gasteiger partial charge on any atom is 0.417 e. The molecular weight excluding hydrogens is 545 g/mol. The number of hydrogen-bond acceptors (Lipinski definition) is 4. The minimum absolute atomic E-state index is 0.0300. The lowest BCUT2D eigenvalue weighted by molar-refractivity contribution is -0.174. The van der Waals surface area contributed by atoms with E-state index in [1.165, 1.54) is 18.2 Å². The van der Waals surface area contributed by atoms with Gasteiger partial charge < -0.3 is 9.47 Å². The Hall–Kier alpha value is -3.46. The van der Waals surface area contributed by atoms with Gasteiger partial charge in [-0.15, -0.1) is 0 Å². The molecule has 0 saturated carbocycles. The molecule has 37 heavy (non-hydrogen) atoms. The van der Waals surface area contributed by atoms with E-state index in [2.05, 4.69) is 0 Å². The molecule has 1 heterocycles. The Bertz CT molecular complexity index is 1440. The number of rotatable bonds is 3. The number of nitrogens with two attached hydrogens (primary N) is 1. The van der Waals surface area contributed by atoms with Crippen LogP contribution in [0.4, 0.5) is 39.5 Å². The van der Waals surface area contributed by atoms with Gasteiger partial charge in [-0.05, 0) is 58.7 Å². The first-order valence-electron chi connectivity index (χ1n) is 9.84. The van der Waals surface area contributed by atoms with E-state index in [-0.39, 0.29) is 52.0 Å². The zero-order valence-electron chi connectivity index (χ0n) is 17.8. The Kier molecular flexibility index (Phi) is 6.14. The van der Waals surface area contributed by atoms with Gasteiger partial charge in [-0.2, -0.15) is 39.5 Å². The molecule has 0 aliphatic carbocycles. The van der Waals surface area contributed by atoms with Gasteiger partial charge in [-0.25, -0.2) is 13.6 Å². The molecule has 2 N–H and O–H groups in total. The monoisotopic (exact) mass is 557 g/mol. The number of benzene rings is 3. The van der Waals surface area contributed by atoms with Crippen molar-refractivity contribution in [2.75, 3.05) is 6.79 Å². The maximum atomic E-state index is 13.7. The summed E-state index contributed by atoms with van der Waals surface area (Å²) >= 11 is 0. The summed E-state index contributed by atoms with van der Waals surface area (Å²) in [5.41, 5.74) is -9.13. The second-order valence-electron chi connectivity index (χ2n) is 7.76. The summed E-state index contributed by atoms with van der Waals surface area (Å²) in [5, 5.41) is 5.04. The van der Waals surface area contributed by atoms with Gasteiger partial charge in [0.25, 0.3) is 0 Å². The summed E-state index contributed by atoms with van der Waals surface area (Å²) in [6, 6.07) is 6.56. The first-order chi connectivity index (χ1) is 16.9. The molecule has 198 valence electrons. The molecule has 0 aromatic heterocycles. The van der Waals surface area contributed by atoms with Gasteiger partial charge in [0.15, 0.2) is 11.5 Å². The number of halogens is 9. The molecule has 0 unspecified atom stereocenters. The van der Waals surface area contributed by atoms with Gasteiger partial charge in [0.2, 0.25) is 16.8 Å². The largest absolute Gasteiger partial charge is 0.454 e. The normalized spacial score (nSPS) is 14.2. The van der Waals surface area contributed by atoms with Crippen molar-refractivity contribution in [3.05, 3.63) is 65.2 Å². The molecule has 3 aromatic carbocycles. The maximum absolute atomic E-state index is 13.7. The van der Waals surface area contributed by atoms with Crippen LogP contribution in [-0.4, -0.2) is 15.2 Å². The summed E-state index contributed by atoms with van der Waals surface area (Å²) < 4.78 is 156. The number of ether oxygens (including phenoxy) is 2. The van der Waals surface area contributed by atoms with Crippen LogP contribution in [0.15, 0.2) is 53.4 Å². The molecule has 0 radical (unpaired) electrons. The molecule has 3 aromatic rings. The van der Waals surface area contributed by atoms with Crippen molar-refractivity contribution in [1.29, 1.82) is 0 Å². The van der Waals surface area contributed by atoms with Crippen LogP contribution in [-0.2, 0) is 28.6 Å². The van der Waals surface area contributed by atoms with Gasteiger partial charge in [-0.3, -0.25) is 0 Å². The minimum atomic E-state index is -5.98. The van der Waals surface area contributed by atoms with Crippen LogP contribution in [0.1, 0.15) is 16.7 Å². The highest BCUT2D eigenvalue weighted by Crippen LogP contribution is 2.50. The van der Waals surface area contributed by atoms with Crippen molar-refractivity contribution in [2.45, 2.75) is 23.4 Å². The molecule has 5 nitrogen and oxygen atoms in total. The van der Waals surface area contributed by atoms with Gasteiger partial charge in [0, 0.05) is 0 Å². The lowest BCUT2D eigenvalue weighted by Crippen LogP contribution is -2.23. The Morgan fingerprint density at radius 1 is 0.649 bits per heavy atom. The smallest absolute Gasteiger partial charge is 0.417 e. The molecule has 0 bridgehead atoms. The molecular formula is C22H12F9NO4S. The predicted octanol–water partition coefficient (Wildman–Crippen LogP) is 6.45. The van der Waals surface area contributed by atoms with Gasteiger partial charge in [0.05, 0.1) is 21.6 Å². The van der Waals surface area contributed by atoms with Crippen molar-refractivity contribution in [3.8, 4) is 33.8 Å². The van der Waals surface area contributed by atoms with Crippen molar-refractivity contribution >= 4 is 10.0 Å². The highest BCUT2D eigenvalue weighted by Gasteiger charge is 2.50. The SMILES string of the molecule is NS(=O)(=O)c1ccc(-c2cc3c(cc2-c2cc(C(F)(F)F)c(C(F)(F)F)c(C(F)(F)F)c2)OCO3)cc1. The molecule has 0 spiro atoms. The van der Waals surface area contributed by atoms with E-state index in [0.717, 1.165) is 18.2 Å². The minimum Gasteiger partial charge on any atom is -0.454 e. The third-order valence-corrected chi connectivity index (χ3v) is 6.28. The van der Waals surface area contributed by atoms with Crippen LogP contribution < -0.4 is 14.6 Å². The summed E-state index contributed by atoms with van der Waals surface area (Å²) in [6.07, 6.45) is -17.6. The van der Waals surface area contributed by atoms with E-state index in [1.54, 1.807) is 0 Å². The van der Waals surface area contributed by atoms with E-state index in [1.807, 2.05) is 0 Å². The molecule has 0 atom stereocenters. The van der Waals surface area contributed by atoms with Crippen LogP contribution in [0.25, 0.3) is 22.3 Å². The Labute approximate surface area is 202 Å². The predicted molar refractivity (Wildman–Crippen MR) is 110 cm³/mol. The quantitative estimate of drug-likeness (QED) is 0.376. The van der Waals surface area contributed by atoms with E-state index in [0.29, 0.717) is 0 Å². The lowest BCUT2D eigenvalue weighted by atomic mass is 9.89. The summed E-state index contributed by atoms with van der Waals surface area (Å²) in [4.78, 5) is -0.341. The van der Waals surface area contributed by atoms with E-state index < -0.39 is 50.8 Å². The molecule has 1 aliphatic rings. The van der Waals surface area contributed by atoms with Crippen LogP contribution in [0.5, 0.6) is 11.5 Å². The summed E-state index contributed by atoms with van der Waals surface area (Å²) in [5.74, 6) is -0.0322. The topological polar surface area (TPSA) is 78.6 Å². The Balaban J connectivity index is 2.06. The number of alkyl halides is 9. The van der Waals surface area contributed by atoms with Gasteiger partial charge in [-0.1, -0.05) is 12.1 Å². The molecule has 0 fully saturated rings. The molecule has 0 saturated heterocycles. The van der Waals surface area contributed by atoms with Gasteiger partial charge in [0.1, 0.15) is 0 Å². The number of fused-ring (bicyclic) bond motifs is 1. The second kappa shape index (κ2) is 8.55. The highest BCUT2D eigenvalue weighted by molar-refractivity contribution is 7.89. The van der Waals surface area contributed by atoms with Crippen LogP contribution >= 0.6 is 0 Å². The molecule has 0 amide bonds. The number of primary sulfonamides is 1. The third kappa shape index (κ3) is 5.18. The Morgan fingerprint density at radius 2 is 1.08 bits per heavy atom. The van der Waals surface area contributed by atoms with Crippen molar-refractivity contribution in [2.24, 2.45) is 5.14 Å². The zero-order chi connectivity index (χ0) is 27.6. The standard InChI is InChI=1S/C22H12F9NO4S/c23-20(24,25)15-5-11(6-16(21(26,27)28)19(15)22(29,30)31)14-8-18-17(35-9-36-18)7-13(14)10-1-3-12(4-2-10)37(32,33)34/h1-8H,9H2,(H2,32,33,34). The van der Waals surface area contributed by atoms with E-state index in [4.69, 9.17) is 14.6 Å². The summed E-state index contributed by atoms with van der Waals surface area (Å²) in [7, 11) is -4.14. The fourth-order valence-corrected chi connectivity index (χ4v) is 4.31. The van der Waals surface area contributed by atoms with Crippen molar-refractivity contribution in [3.63, 3.8) is 0 Å². The first-order valence-corrected chi connectivity index (χ1v) is 11.4. The Morgan fingerprint density at radius 3 is 1.46 bits per heavy atom. The molecule has 4 rings (SSSR count). The van der Waals surface area contributed by atoms with Crippen molar-refractivity contribution < 1.29 is 57.4 Å².